The molecule has 2 heterocycles. The van der Waals surface area contributed by atoms with E-state index < -0.39 is 6.04 Å². The zero-order chi connectivity index (χ0) is 21.6. The van der Waals surface area contributed by atoms with Crippen LogP contribution < -0.4 is 5.73 Å². The summed E-state index contributed by atoms with van der Waals surface area (Å²) in [6.45, 7) is 1.29. The smallest absolute Gasteiger partial charge is 0.240 e. The van der Waals surface area contributed by atoms with Crippen molar-refractivity contribution in [2.45, 2.75) is 44.4 Å². The third kappa shape index (κ3) is 5.03. The number of hydrogen-bond donors (Lipinski definition) is 2. The molecule has 1 aliphatic rings. The number of imidazole rings is 1. The summed E-state index contributed by atoms with van der Waals surface area (Å²) in [7, 11) is 1.68. The summed E-state index contributed by atoms with van der Waals surface area (Å²) in [4.78, 5) is 23.2. The van der Waals surface area contributed by atoms with E-state index in [0.29, 0.717) is 19.6 Å². The average Bonchev–Trinajstić information content (AvgIpc) is 3.31. The lowest BCUT2D eigenvalue weighted by atomic mass is 9.98. The third-order valence-electron chi connectivity index (χ3n) is 5.89. The Morgan fingerprint density at radius 1 is 1.16 bits per heavy atom. The zero-order valence-corrected chi connectivity index (χ0v) is 18.0. The molecule has 6 nitrogen and oxygen atoms in total. The van der Waals surface area contributed by atoms with Gasteiger partial charge in [-0.1, -0.05) is 54.6 Å². The van der Waals surface area contributed by atoms with Gasteiger partial charge in [-0.25, -0.2) is 4.98 Å². The first kappa shape index (κ1) is 21.3. The summed E-state index contributed by atoms with van der Waals surface area (Å²) in [6.07, 6.45) is 5.33. The number of piperidine rings is 1. The Balaban J connectivity index is 1.46. The van der Waals surface area contributed by atoms with Crippen LogP contribution in [0.2, 0.25) is 0 Å². The van der Waals surface area contributed by atoms with Crippen LogP contribution >= 0.6 is 0 Å². The lowest BCUT2D eigenvalue weighted by Crippen LogP contribution is -2.48. The summed E-state index contributed by atoms with van der Waals surface area (Å²) in [5, 5.41) is 0. The van der Waals surface area contributed by atoms with E-state index in [0.717, 1.165) is 47.5 Å². The van der Waals surface area contributed by atoms with E-state index in [-0.39, 0.29) is 11.9 Å². The maximum Gasteiger partial charge on any atom is 0.240 e. The third-order valence-corrected chi connectivity index (χ3v) is 5.89. The van der Waals surface area contributed by atoms with Crippen molar-refractivity contribution >= 4 is 5.91 Å². The second-order valence-electron chi connectivity index (χ2n) is 8.15. The van der Waals surface area contributed by atoms with Gasteiger partial charge in [-0.2, -0.15) is 0 Å². The van der Waals surface area contributed by atoms with Crippen molar-refractivity contribution in [2.75, 3.05) is 13.7 Å². The molecule has 1 amide bonds. The molecular formula is C25H30N4O2. The highest BCUT2D eigenvalue weighted by molar-refractivity contribution is 5.82. The van der Waals surface area contributed by atoms with Gasteiger partial charge in [0.2, 0.25) is 5.91 Å². The summed E-state index contributed by atoms with van der Waals surface area (Å²) in [6, 6.07) is 17.6. The number of carbonyl (C=O) groups excluding carboxylic acids is 1. The fourth-order valence-corrected chi connectivity index (χ4v) is 4.24. The number of rotatable bonds is 7. The van der Waals surface area contributed by atoms with Gasteiger partial charge in [0, 0.05) is 13.7 Å². The van der Waals surface area contributed by atoms with Gasteiger partial charge in [0.05, 0.1) is 30.6 Å². The molecule has 0 spiro atoms. The van der Waals surface area contributed by atoms with Crippen molar-refractivity contribution in [1.29, 1.82) is 0 Å². The number of benzene rings is 2. The van der Waals surface area contributed by atoms with Crippen molar-refractivity contribution in [3.63, 3.8) is 0 Å². The Labute approximate surface area is 183 Å². The van der Waals surface area contributed by atoms with E-state index in [4.69, 9.17) is 10.5 Å². The molecule has 1 aromatic heterocycles. The van der Waals surface area contributed by atoms with E-state index >= 15 is 0 Å². The Hall–Kier alpha value is -2.96. The number of ether oxygens (including phenoxy) is 1. The molecule has 1 aliphatic heterocycles. The minimum Gasteiger partial charge on any atom is -0.380 e. The van der Waals surface area contributed by atoms with Crippen LogP contribution in [0.1, 0.15) is 42.3 Å². The molecule has 2 aromatic carbocycles. The fourth-order valence-electron chi connectivity index (χ4n) is 4.24. The van der Waals surface area contributed by atoms with E-state index in [1.165, 1.54) is 0 Å². The number of nitrogens with two attached hydrogens (primary N) is 1. The highest BCUT2D eigenvalue weighted by atomic mass is 16.5. The van der Waals surface area contributed by atoms with Crippen molar-refractivity contribution in [1.82, 2.24) is 14.9 Å². The van der Waals surface area contributed by atoms with Crippen LogP contribution in [0.15, 0.2) is 60.8 Å². The summed E-state index contributed by atoms with van der Waals surface area (Å²) >= 11 is 0. The number of hydrogen-bond acceptors (Lipinski definition) is 4. The highest BCUT2D eigenvalue weighted by Gasteiger charge is 2.32. The van der Waals surface area contributed by atoms with Crippen LogP contribution in [0.5, 0.6) is 0 Å². The summed E-state index contributed by atoms with van der Waals surface area (Å²) in [5.41, 5.74) is 10.6. The van der Waals surface area contributed by atoms with Gasteiger partial charge in [0.25, 0.3) is 0 Å². The standard InChI is InChI=1S/C25H30N4O2/c1-31-17-19-12-10-18(11-13-19)15-21(26)25(30)29-14-6-5-9-23(29)24-27-16-22(28-24)20-7-3-2-4-8-20/h2-4,7-8,10-13,16,21,23H,5-6,9,14-15,17,26H2,1H3,(H,27,28)/t21-,23-/m0/s1. The van der Waals surface area contributed by atoms with Crippen molar-refractivity contribution < 1.29 is 9.53 Å². The van der Waals surface area contributed by atoms with Gasteiger partial charge in [-0.15, -0.1) is 0 Å². The maximum absolute atomic E-state index is 13.3. The molecule has 162 valence electrons. The molecule has 0 unspecified atom stereocenters. The number of H-pyrrole nitrogens is 1. The zero-order valence-electron chi connectivity index (χ0n) is 18.0. The lowest BCUT2D eigenvalue weighted by molar-refractivity contribution is -0.136. The number of likely N-dealkylation sites (tertiary alicyclic amines) is 1. The number of amides is 1. The molecule has 0 radical (unpaired) electrons. The number of methoxy groups -OCH3 is 1. The molecule has 0 saturated carbocycles. The Morgan fingerprint density at radius 2 is 1.90 bits per heavy atom. The Kier molecular flexibility index (Phi) is 6.79. The van der Waals surface area contributed by atoms with Crippen LogP contribution in [0.3, 0.4) is 0 Å². The number of carbonyl (C=O) groups is 1. The topological polar surface area (TPSA) is 84.2 Å². The molecule has 0 aliphatic carbocycles. The van der Waals surface area contributed by atoms with E-state index in [9.17, 15) is 4.79 Å². The molecule has 3 aromatic rings. The normalized spacial score (nSPS) is 17.5. The SMILES string of the molecule is COCc1ccc(C[C@H](N)C(=O)N2CCCC[C@H]2c2ncc(-c3ccccc3)[nH]2)cc1. The van der Waals surface area contributed by atoms with Crippen LogP contribution in [0.4, 0.5) is 0 Å². The number of aromatic nitrogens is 2. The predicted octanol–water partition coefficient (Wildman–Crippen LogP) is 3.85. The second-order valence-corrected chi connectivity index (χ2v) is 8.15. The first-order valence-corrected chi connectivity index (χ1v) is 10.9. The van der Waals surface area contributed by atoms with Crippen LogP contribution in [-0.4, -0.2) is 40.5 Å². The minimum absolute atomic E-state index is 0.0108. The van der Waals surface area contributed by atoms with Crippen LogP contribution in [0.25, 0.3) is 11.3 Å². The summed E-state index contributed by atoms with van der Waals surface area (Å²) in [5.74, 6) is 0.825. The fraction of sp³-hybridized carbons (Fsp3) is 0.360. The molecule has 2 atom stereocenters. The quantitative estimate of drug-likeness (QED) is 0.610. The van der Waals surface area contributed by atoms with Gasteiger partial charge >= 0.3 is 0 Å². The molecule has 0 bridgehead atoms. The number of nitrogens with one attached hydrogen (secondary N) is 1. The largest absolute Gasteiger partial charge is 0.380 e. The van der Waals surface area contributed by atoms with Gasteiger partial charge in [-0.3, -0.25) is 4.79 Å². The molecule has 1 fully saturated rings. The minimum atomic E-state index is -0.572. The first-order valence-electron chi connectivity index (χ1n) is 10.9. The first-order chi connectivity index (χ1) is 15.2. The van der Waals surface area contributed by atoms with Crippen molar-refractivity contribution in [2.24, 2.45) is 5.73 Å². The molecule has 4 rings (SSSR count). The molecule has 1 saturated heterocycles. The van der Waals surface area contributed by atoms with Crippen molar-refractivity contribution in [3.8, 4) is 11.3 Å². The second kappa shape index (κ2) is 9.90. The van der Waals surface area contributed by atoms with Gasteiger partial charge in [0.1, 0.15) is 5.82 Å². The van der Waals surface area contributed by atoms with Gasteiger partial charge in [-0.05, 0) is 42.4 Å². The van der Waals surface area contributed by atoms with Gasteiger partial charge < -0.3 is 20.4 Å². The van der Waals surface area contributed by atoms with Crippen LogP contribution in [-0.2, 0) is 22.6 Å². The van der Waals surface area contributed by atoms with E-state index in [2.05, 4.69) is 22.1 Å². The predicted molar refractivity (Wildman–Crippen MR) is 121 cm³/mol. The molecule has 6 heteroatoms. The van der Waals surface area contributed by atoms with Crippen molar-refractivity contribution in [3.05, 3.63) is 77.7 Å². The Morgan fingerprint density at radius 3 is 2.65 bits per heavy atom. The molecule has 31 heavy (non-hydrogen) atoms. The Bertz CT molecular complexity index is 984. The highest BCUT2D eigenvalue weighted by Crippen LogP contribution is 2.31. The maximum atomic E-state index is 13.3. The molecular weight excluding hydrogens is 388 g/mol. The van der Waals surface area contributed by atoms with E-state index in [1.54, 1.807) is 7.11 Å². The van der Waals surface area contributed by atoms with Crippen LogP contribution in [0, 0.1) is 0 Å². The van der Waals surface area contributed by atoms with E-state index in [1.807, 2.05) is 53.6 Å². The monoisotopic (exact) mass is 418 g/mol. The van der Waals surface area contributed by atoms with Gasteiger partial charge in [0.15, 0.2) is 0 Å². The molecule has 3 N–H and O–H groups in total. The average molecular weight is 419 g/mol. The number of aromatic amines is 1. The lowest BCUT2D eigenvalue weighted by Gasteiger charge is -2.36. The number of nitrogens with zero attached hydrogens (tertiary/aromatic N) is 2. The summed E-state index contributed by atoms with van der Waals surface area (Å²) < 4.78 is 5.16.